The smallest absolute Gasteiger partial charge is 0.263 e. The van der Waals surface area contributed by atoms with E-state index < -0.39 is 0 Å². The van der Waals surface area contributed by atoms with E-state index in [1.807, 2.05) is 20.8 Å². The number of ether oxygens (including phenoxy) is 2. The summed E-state index contributed by atoms with van der Waals surface area (Å²) in [5.74, 6) is 0.713. The molecule has 7 nitrogen and oxygen atoms in total. The number of hydrogen-bond donors (Lipinski definition) is 1. The van der Waals surface area contributed by atoms with Crippen molar-refractivity contribution in [2.45, 2.75) is 38.9 Å². The second kappa shape index (κ2) is 10.8. The van der Waals surface area contributed by atoms with E-state index in [1.165, 1.54) is 23.1 Å². The molecule has 0 aliphatic rings. The number of fused-ring (bicyclic) bond motifs is 1. The van der Waals surface area contributed by atoms with Crippen molar-refractivity contribution in [3.8, 4) is 5.75 Å². The second-order valence-corrected chi connectivity index (χ2v) is 9.08. The monoisotopic (exact) mass is 461 g/mol. The first-order chi connectivity index (χ1) is 14.9. The number of aromatic nitrogens is 2. The molecule has 0 aliphatic heterocycles. The summed E-state index contributed by atoms with van der Waals surface area (Å²) >= 11 is 2.78. The fourth-order valence-corrected chi connectivity index (χ4v) is 4.98. The average Bonchev–Trinajstić information content (AvgIpc) is 3.05. The minimum atomic E-state index is -0.163. The molecule has 0 atom stereocenters. The maximum Gasteiger partial charge on any atom is 0.263 e. The zero-order valence-corrected chi connectivity index (χ0v) is 19.8. The van der Waals surface area contributed by atoms with Crippen molar-refractivity contribution in [3.05, 3.63) is 45.1 Å². The third kappa shape index (κ3) is 5.66. The van der Waals surface area contributed by atoms with Crippen molar-refractivity contribution in [3.63, 3.8) is 0 Å². The lowest BCUT2D eigenvalue weighted by Crippen LogP contribution is -2.25. The van der Waals surface area contributed by atoms with Gasteiger partial charge in [-0.3, -0.25) is 14.2 Å². The zero-order chi connectivity index (χ0) is 22.4. The highest BCUT2D eigenvalue weighted by Crippen LogP contribution is 2.28. The van der Waals surface area contributed by atoms with Crippen molar-refractivity contribution < 1.29 is 14.3 Å². The van der Waals surface area contributed by atoms with Crippen LogP contribution in [0, 0.1) is 13.8 Å². The predicted octanol–water partition coefficient (Wildman–Crippen LogP) is 4.24. The Morgan fingerprint density at radius 1 is 1.26 bits per heavy atom. The molecule has 0 saturated heterocycles. The molecule has 1 amide bonds. The van der Waals surface area contributed by atoms with Gasteiger partial charge in [-0.15, -0.1) is 11.3 Å². The van der Waals surface area contributed by atoms with Gasteiger partial charge in [0.1, 0.15) is 10.6 Å². The lowest BCUT2D eigenvalue weighted by atomic mass is 10.2. The average molecular weight is 462 g/mol. The third-order valence-corrected chi connectivity index (χ3v) is 6.91. The number of carbonyl (C=O) groups excluding carboxylic acids is 1. The van der Waals surface area contributed by atoms with Gasteiger partial charge in [0.15, 0.2) is 5.16 Å². The number of rotatable bonds is 10. The highest BCUT2D eigenvalue weighted by atomic mass is 32.2. The van der Waals surface area contributed by atoms with Crippen LogP contribution in [0.5, 0.6) is 5.75 Å². The second-order valence-electron chi connectivity index (χ2n) is 6.93. The maximum absolute atomic E-state index is 13.2. The summed E-state index contributed by atoms with van der Waals surface area (Å²) < 4.78 is 12.2. The van der Waals surface area contributed by atoms with Crippen molar-refractivity contribution in [1.82, 2.24) is 9.55 Å². The number of nitrogens with one attached hydrogen (secondary N) is 1. The standard InChI is InChI=1S/C22H27N3O4S2/c1-5-29-12-6-11-25-21(27)19-14(2)15(3)31-20(19)24-22(25)30-13-18(26)23-16-7-9-17(28-4)10-8-16/h7-10H,5-6,11-13H2,1-4H3,(H,23,26). The quantitative estimate of drug-likeness (QED) is 0.276. The number of thioether (sulfide) groups is 1. The maximum atomic E-state index is 13.2. The Morgan fingerprint density at radius 2 is 2.00 bits per heavy atom. The van der Waals surface area contributed by atoms with Gasteiger partial charge in [-0.25, -0.2) is 4.98 Å². The van der Waals surface area contributed by atoms with Gasteiger partial charge in [0.05, 0.1) is 18.2 Å². The Labute approximate surface area is 189 Å². The summed E-state index contributed by atoms with van der Waals surface area (Å²) in [6.07, 6.45) is 0.703. The summed E-state index contributed by atoms with van der Waals surface area (Å²) in [5, 5.41) is 4.09. The molecule has 166 valence electrons. The van der Waals surface area contributed by atoms with Gasteiger partial charge in [0.2, 0.25) is 5.91 Å². The number of hydrogen-bond acceptors (Lipinski definition) is 7. The first-order valence-electron chi connectivity index (χ1n) is 10.1. The van der Waals surface area contributed by atoms with Crippen LogP contribution >= 0.6 is 23.1 Å². The normalized spacial score (nSPS) is 11.1. The minimum Gasteiger partial charge on any atom is -0.497 e. The van der Waals surface area contributed by atoms with Gasteiger partial charge < -0.3 is 14.8 Å². The number of anilines is 1. The molecular formula is C22H27N3O4S2. The molecule has 0 aliphatic carbocycles. The molecule has 31 heavy (non-hydrogen) atoms. The first-order valence-corrected chi connectivity index (χ1v) is 11.9. The lowest BCUT2D eigenvalue weighted by molar-refractivity contribution is -0.113. The van der Waals surface area contributed by atoms with Crippen molar-refractivity contribution in [2.75, 3.05) is 31.4 Å². The SMILES string of the molecule is CCOCCCn1c(SCC(=O)Nc2ccc(OC)cc2)nc2sc(C)c(C)c2c1=O. The van der Waals surface area contributed by atoms with Gasteiger partial charge in [0.25, 0.3) is 5.56 Å². The number of carbonyl (C=O) groups is 1. The van der Waals surface area contributed by atoms with E-state index in [9.17, 15) is 9.59 Å². The molecule has 9 heteroatoms. The minimum absolute atomic E-state index is 0.0542. The Morgan fingerprint density at radius 3 is 2.68 bits per heavy atom. The molecule has 0 saturated carbocycles. The molecule has 1 aromatic carbocycles. The molecule has 2 heterocycles. The summed E-state index contributed by atoms with van der Waals surface area (Å²) in [5.41, 5.74) is 1.61. The summed E-state index contributed by atoms with van der Waals surface area (Å²) in [6, 6.07) is 7.14. The zero-order valence-electron chi connectivity index (χ0n) is 18.2. The van der Waals surface area contributed by atoms with Gasteiger partial charge in [-0.1, -0.05) is 11.8 Å². The molecular weight excluding hydrogens is 434 g/mol. The number of benzene rings is 1. The van der Waals surface area contributed by atoms with E-state index in [1.54, 1.807) is 35.9 Å². The van der Waals surface area contributed by atoms with E-state index in [4.69, 9.17) is 14.5 Å². The van der Waals surface area contributed by atoms with Crippen LogP contribution in [0.4, 0.5) is 5.69 Å². The molecule has 0 fully saturated rings. The summed E-state index contributed by atoms with van der Waals surface area (Å²) in [7, 11) is 1.60. The van der Waals surface area contributed by atoms with Gasteiger partial charge in [-0.2, -0.15) is 0 Å². The Kier molecular flexibility index (Phi) is 8.11. The van der Waals surface area contributed by atoms with Gasteiger partial charge >= 0.3 is 0 Å². The van der Waals surface area contributed by atoms with Crippen molar-refractivity contribution in [2.24, 2.45) is 0 Å². The van der Waals surface area contributed by atoms with Crippen molar-refractivity contribution >= 4 is 44.9 Å². The Balaban J connectivity index is 1.78. The van der Waals surface area contributed by atoms with Crippen LogP contribution in [-0.4, -0.2) is 41.5 Å². The predicted molar refractivity (Wildman–Crippen MR) is 127 cm³/mol. The number of amides is 1. The van der Waals surface area contributed by atoms with Crippen LogP contribution in [0.15, 0.2) is 34.2 Å². The molecule has 1 N–H and O–H groups in total. The molecule has 2 aromatic heterocycles. The lowest BCUT2D eigenvalue weighted by Gasteiger charge is -2.12. The van der Waals surface area contributed by atoms with Crippen LogP contribution in [-0.2, 0) is 16.1 Å². The molecule has 3 rings (SSSR count). The fourth-order valence-electron chi connectivity index (χ4n) is 3.09. The van der Waals surface area contributed by atoms with Gasteiger partial charge in [-0.05, 0) is 57.0 Å². The highest BCUT2D eigenvalue weighted by Gasteiger charge is 2.17. The molecule has 0 spiro atoms. The van der Waals surface area contributed by atoms with Crippen LogP contribution < -0.4 is 15.6 Å². The fraction of sp³-hybridized carbons (Fsp3) is 0.409. The highest BCUT2D eigenvalue weighted by molar-refractivity contribution is 7.99. The van der Waals surface area contributed by atoms with E-state index in [2.05, 4.69) is 5.32 Å². The van der Waals surface area contributed by atoms with Crippen LogP contribution in [0.1, 0.15) is 23.8 Å². The van der Waals surface area contributed by atoms with Crippen molar-refractivity contribution in [1.29, 1.82) is 0 Å². The Bertz CT molecular complexity index is 1110. The molecule has 0 bridgehead atoms. The van der Waals surface area contributed by atoms with E-state index in [0.29, 0.717) is 42.4 Å². The number of thiophene rings is 1. The summed E-state index contributed by atoms with van der Waals surface area (Å²) in [4.78, 5) is 32.2. The summed E-state index contributed by atoms with van der Waals surface area (Å²) in [6.45, 7) is 7.61. The van der Waals surface area contributed by atoms with Crippen LogP contribution in [0.3, 0.4) is 0 Å². The largest absolute Gasteiger partial charge is 0.497 e. The number of nitrogens with zero attached hydrogens (tertiary/aromatic N) is 2. The van der Waals surface area contributed by atoms with Gasteiger partial charge in [0, 0.05) is 30.3 Å². The van der Waals surface area contributed by atoms with Crippen LogP contribution in [0.25, 0.3) is 10.2 Å². The molecule has 3 aromatic rings. The van der Waals surface area contributed by atoms with E-state index in [0.717, 1.165) is 21.0 Å². The topological polar surface area (TPSA) is 82.4 Å². The third-order valence-electron chi connectivity index (χ3n) is 4.83. The first kappa shape index (κ1) is 23.3. The van der Waals surface area contributed by atoms with E-state index in [-0.39, 0.29) is 17.2 Å². The number of methoxy groups -OCH3 is 1. The van der Waals surface area contributed by atoms with E-state index >= 15 is 0 Å². The van der Waals surface area contributed by atoms with Crippen LogP contribution in [0.2, 0.25) is 0 Å². The number of aryl methyl sites for hydroxylation is 2. The molecule has 0 unspecified atom stereocenters. The molecule has 0 radical (unpaired) electrons. The Hall–Kier alpha value is -2.36.